The van der Waals surface area contributed by atoms with Gasteiger partial charge in [-0.3, -0.25) is 9.59 Å². The Bertz CT molecular complexity index is 761. The third-order valence-corrected chi connectivity index (χ3v) is 3.85. The van der Waals surface area contributed by atoms with Crippen LogP contribution in [0.4, 0.5) is 5.69 Å². The van der Waals surface area contributed by atoms with E-state index in [-0.39, 0.29) is 18.9 Å². The van der Waals surface area contributed by atoms with Gasteiger partial charge < -0.3 is 14.8 Å². The van der Waals surface area contributed by atoms with Crippen molar-refractivity contribution in [3.8, 4) is 5.75 Å². The lowest BCUT2D eigenvalue weighted by molar-refractivity contribution is -0.146. The summed E-state index contributed by atoms with van der Waals surface area (Å²) < 4.78 is 10.2. The van der Waals surface area contributed by atoms with Crippen molar-refractivity contribution >= 4 is 29.2 Å². The monoisotopic (exact) mass is 361 g/mol. The molecule has 0 atom stereocenters. The largest absolute Gasteiger partial charge is 0.496 e. The SMILES string of the molecule is CCc1ccccc1NC(=O)COC(=O)Cc1cc(Cl)ccc1OC. The number of ether oxygens (including phenoxy) is 2. The van der Waals surface area contributed by atoms with Crippen LogP contribution in [0.3, 0.4) is 0 Å². The van der Waals surface area contributed by atoms with Crippen LogP contribution in [-0.4, -0.2) is 25.6 Å². The Morgan fingerprint density at radius 3 is 2.60 bits per heavy atom. The van der Waals surface area contributed by atoms with Crippen LogP contribution in [0, 0.1) is 0 Å². The fraction of sp³-hybridized carbons (Fsp3) is 0.263. The van der Waals surface area contributed by atoms with Gasteiger partial charge in [-0.2, -0.15) is 0 Å². The Labute approximate surface area is 151 Å². The van der Waals surface area contributed by atoms with Gasteiger partial charge in [0, 0.05) is 16.3 Å². The maximum atomic E-state index is 12.0. The van der Waals surface area contributed by atoms with E-state index in [4.69, 9.17) is 21.1 Å². The van der Waals surface area contributed by atoms with Gasteiger partial charge in [-0.05, 0) is 36.2 Å². The predicted molar refractivity (Wildman–Crippen MR) is 97.1 cm³/mol. The maximum Gasteiger partial charge on any atom is 0.310 e. The molecule has 0 fully saturated rings. The summed E-state index contributed by atoms with van der Waals surface area (Å²) in [4.78, 5) is 24.0. The first-order valence-corrected chi connectivity index (χ1v) is 8.27. The van der Waals surface area contributed by atoms with E-state index >= 15 is 0 Å². The number of para-hydroxylation sites is 1. The summed E-state index contributed by atoms with van der Waals surface area (Å²) in [5.41, 5.74) is 2.35. The number of benzene rings is 2. The maximum absolute atomic E-state index is 12.0. The summed E-state index contributed by atoms with van der Waals surface area (Å²) in [5, 5.41) is 3.25. The molecule has 1 amide bonds. The average molecular weight is 362 g/mol. The molecule has 0 spiro atoms. The molecule has 5 nitrogen and oxygen atoms in total. The zero-order valence-electron chi connectivity index (χ0n) is 14.2. The number of aryl methyl sites for hydroxylation is 1. The Hall–Kier alpha value is -2.53. The quantitative estimate of drug-likeness (QED) is 0.765. The topological polar surface area (TPSA) is 64.6 Å². The highest BCUT2D eigenvalue weighted by molar-refractivity contribution is 6.30. The highest BCUT2D eigenvalue weighted by Gasteiger charge is 2.13. The number of carbonyl (C=O) groups is 2. The van der Waals surface area contributed by atoms with Gasteiger partial charge in [0.25, 0.3) is 5.91 Å². The van der Waals surface area contributed by atoms with E-state index in [0.29, 0.717) is 16.3 Å². The molecule has 25 heavy (non-hydrogen) atoms. The van der Waals surface area contributed by atoms with Gasteiger partial charge in [0.05, 0.1) is 13.5 Å². The Morgan fingerprint density at radius 1 is 1.12 bits per heavy atom. The Balaban J connectivity index is 1.89. The van der Waals surface area contributed by atoms with Crippen LogP contribution in [0.25, 0.3) is 0 Å². The molecule has 0 unspecified atom stereocenters. The highest BCUT2D eigenvalue weighted by atomic mass is 35.5. The minimum Gasteiger partial charge on any atom is -0.496 e. The molecule has 0 aliphatic heterocycles. The number of nitrogens with one attached hydrogen (secondary N) is 1. The summed E-state index contributed by atoms with van der Waals surface area (Å²) in [6, 6.07) is 12.5. The summed E-state index contributed by atoms with van der Waals surface area (Å²) in [6.45, 7) is 1.66. The normalized spacial score (nSPS) is 10.2. The molecule has 1 N–H and O–H groups in total. The predicted octanol–water partition coefficient (Wildman–Crippen LogP) is 3.64. The molecule has 0 aromatic heterocycles. The molecule has 0 aliphatic rings. The van der Waals surface area contributed by atoms with Crippen molar-refractivity contribution in [2.75, 3.05) is 19.0 Å². The van der Waals surface area contributed by atoms with Gasteiger partial charge in [-0.1, -0.05) is 36.7 Å². The minimum atomic E-state index is -0.528. The second-order valence-electron chi connectivity index (χ2n) is 5.35. The Morgan fingerprint density at radius 2 is 1.88 bits per heavy atom. The molecule has 0 saturated carbocycles. The number of carbonyl (C=O) groups excluding carboxylic acids is 2. The summed E-state index contributed by atoms with van der Waals surface area (Å²) in [6.07, 6.45) is 0.771. The smallest absolute Gasteiger partial charge is 0.310 e. The fourth-order valence-electron chi connectivity index (χ4n) is 2.37. The van der Waals surface area contributed by atoms with E-state index in [0.717, 1.165) is 17.7 Å². The second kappa shape index (κ2) is 9.08. The summed E-state index contributed by atoms with van der Waals surface area (Å²) in [7, 11) is 1.51. The van der Waals surface area contributed by atoms with Crippen LogP contribution in [0.2, 0.25) is 5.02 Å². The van der Waals surface area contributed by atoms with Crippen molar-refractivity contribution in [3.05, 3.63) is 58.6 Å². The molecule has 0 bridgehead atoms. The number of amides is 1. The first kappa shape index (κ1) is 18.8. The standard InChI is InChI=1S/C19H20ClNO4/c1-3-13-6-4-5-7-16(13)21-18(22)12-25-19(23)11-14-10-15(20)8-9-17(14)24-2/h4-10H,3,11-12H2,1-2H3,(H,21,22). The number of methoxy groups -OCH3 is 1. The van der Waals surface area contributed by atoms with Crippen LogP contribution in [0.1, 0.15) is 18.1 Å². The number of rotatable bonds is 7. The third kappa shape index (κ3) is 5.50. The lowest BCUT2D eigenvalue weighted by atomic mass is 10.1. The van der Waals surface area contributed by atoms with Crippen LogP contribution in [0.5, 0.6) is 5.75 Å². The van der Waals surface area contributed by atoms with Crippen molar-refractivity contribution < 1.29 is 19.1 Å². The van der Waals surface area contributed by atoms with Crippen molar-refractivity contribution in [2.24, 2.45) is 0 Å². The van der Waals surface area contributed by atoms with Gasteiger partial charge in [-0.15, -0.1) is 0 Å². The minimum absolute atomic E-state index is 0.0252. The zero-order chi connectivity index (χ0) is 18.2. The van der Waals surface area contributed by atoms with E-state index in [1.54, 1.807) is 18.2 Å². The van der Waals surface area contributed by atoms with Crippen molar-refractivity contribution in [2.45, 2.75) is 19.8 Å². The zero-order valence-corrected chi connectivity index (χ0v) is 14.9. The first-order chi connectivity index (χ1) is 12.0. The number of hydrogen-bond acceptors (Lipinski definition) is 4. The van der Waals surface area contributed by atoms with Gasteiger partial charge in [0.15, 0.2) is 6.61 Å². The molecular weight excluding hydrogens is 342 g/mol. The number of anilines is 1. The van der Waals surface area contributed by atoms with E-state index < -0.39 is 5.97 Å². The van der Waals surface area contributed by atoms with E-state index in [1.165, 1.54) is 7.11 Å². The van der Waals surface area contributed by atoms with Crippen LogP contribution >= 0.6 is 11.6 Å². The van der Waals surface area contributed by atoms with Crippen LogP contribution in [0.15, 0.2) is 42.5 Å². The van der Waals surface area contributed by atoms with Crippen molar-refractivity contribution in [1.82, 2.24) is 0 Å². The summed E-state index contributed by atoms with van der Waals surface area (Å²) in [5.74, 6) is -0.366. The highest BCUT2D eigenvalue weighted by Crippen LogP contribution is 2.23. The Kier molecular flexibility index (Phi) is 6.83. The molecular formula is C19H20ClNO4. The van der Waals surface area contributed by atoms with Crippen LogP contribution < -0.4 is 10.1 Å². The molecule has 2 rings (SSSR count). The molecule has 0 aliphatic carbocycles. The van der Waals surface area contributed by atoms with Gasteiger partial charge >= 0.3 is 5.97 Å². The molecule has 6 heteroatoms. The van der Waals surface area contributed by atoms with Gasteiger partial charge in [0.1, 0.15) is 5.75 Å². The number of halogens is 1. The van der Waals surface area contributed by atoms with E-state index in [9.17, 15) is 9.59 Å². The molecule has 0 saturated heterocycles. The molecule has 132 valence electrons. The number of esters is 1. The van der Waals surface area contributed by atoms with Gasteiger partial charge in [-0.25, -0.2) is 0 Å². The lowest BCUT2D eigenvalue weighted by Gasteiger charge is -2.11. The van der Waals surface area contributed by atoms with Gasteiger partial charge in [0.2, 0.25) is 0 Å². The molecule has 2 aromatic rings. The first-order valence-electron chi connectivity index (χ1n) is 7.89. The van der Waals surface area contributed by atoms with E-state index in [1.807, 2.05) is 31.2 Å². The van der Waals surface area contributed by atoms with Crippen molar-refractivity contribution in [1.29, 1.82) is 0 Å². The summed E-state index contributed by atoms with van der Waals surface area (Å²) >= 11 is 5.93. The molecule has 2 aromatic carbocycles. The molecule has 0 heterocycles. The van der Waals surface area contributed by atoms with E-state index in [2.05, 4.69) is 5.32 Å². The fourth-order valence-corrected chi connectivity index (χ4v) is 2.57. The molecule has 0 radical (unpaired) electrons. The van der Waals surface area contributed by atoms with Crippen molar-refractivity contribution in [3.63, 3.8) is 0 Å². The third-order valence-electron chi connectivity index (χ3n) is 3.61. The second-order valence-corrected chi connectivity index (χ2v) is 5.79. The number of hydrogen-bond donors (Lipinski definition) is 1. The van der Waals surface area contributed by atoms with Crippen LogP contribution in [-0.2, 0) is 27.2 Å². The average Bonchev–Trinajstić information content (AvgIpc) is 2.60. The lowest BCUT2D eigenvalue weighted by Crippen LogP contribution is -2.22.